The van der Waals surface area contributed by atoms with Crippen LogP contribution in [0.5, 0.6) is 0 Å². The summed E-state index contributed by atoms with van der Waals surface area (Å²) in [4.78, 5) is 0. The molecule has 4 nitrogen and oxygen atoms in total. The first-order valence-corrected chi connectivity index (χ1v) is 6.63. The highest BCUT2D eigenvalue weighted by Gasteiger charge is 2.35. The Hall–Kier alpha value is -0.910. The first kappa shape index (κ1) is 10.6. The van der Waals surface area contributed by atoms with E-state index in [1.807, 2.05) is 24.3 Å². The van der Waals surface area contributed by atoms with Crippen LogP contribution in [0.3, 0.4) is 0 Å². The molecule has 0 aromatic heterocycles. The summed E-state index contributed by atoms with van der Waals surface area (Å²) in [5.41, 5.74) is 2.00. The predicted molar refractivity (Wildman–Crippen MR) is 58.3 cm³/mol. The number of rotatable bonds is 2. The minimum absolute atomic E-state index is 0.392. The number of fused-ring (bicyclic) bond motifs is 1. The standard InChI is InChI=1S/C10H13NO3S/c1-15(13,14)11-10-8-5-3-2-4-7(8)6-9(10)12/h2-5,9-12H,6H2,1H3/p+1/t9-,10-/m1/s1. The van der Waals surface area contributed by atoms with Crippen LogP contribution in [0.25, 0.3) is 0 Å². The van der Waals surface area contributed by atoms with Crippen molar-refractivity contribution in [3.05, 3.63) is 35.4 Å². The lowest BCUT2D eigenvalue weighted by Crippen LogP contribution is -2.32. The zero-order valence-corrected chi connectivity index (χ0v) is 9.21. The van der Waals surface area contributed by atoms with Gasteiger partial charge in [0.25, 0.3) is 0 Å². The second-order valence-corrected chi connectivity index (χ2v) is 5.66. The van der Waals surface area contributed by atoms with E-state index in [-0.39, 0.29) is 0 Å². The van der Waals surface area contributed by atoms with Crippen molar-refractivity contribution in [3.63, 3.8) is 0 Å². The van der Waals surface area contributed by atoms with Crippen LogP contribution in [-0.2, 0) is 16.4 Å². The molecule has 5 heteroatoms. The van der Waals surface area contributed by atoms with Gasteiger partial charge in [-0.1, -0.05) is 24.3 Å². The molecule has 15 heavy (non-hydrogen) atoms. The average Bonchev–Trinajstić information content (AvgIpc) is 2.41. The quantitative estimate of drug-likeness (QED) is 0.720. The van der Waals surface area contributed by atoms with E-state index in [4.69, 9.17) is 5.11 Å². The Balaban J connectivity index is 2.34. The summed E-state index contributed by atoms with van der Waals surface area (Å²) >= 11 is 0. The fraction of sp³-hybridized carbons (Fsp3) is 0.400. The van der Waals surface area contributed by atoms with Crippen LogP contribution in [0.1, 0.15) is 17.2 Å². The summed E-state index contributed by atoms with van der Waals surface area (Å²) in [7, 11) is -3.25. The molecule has 0 saturated heterocycles. The van der Waals surface area contributed by atoms with Gasteiger partial charge in [0.1, 0.15) is 6.04 Å². The summed E-state index contributed by atoms with van der Waals surface area (Å²) in [6.07, 6.45) is 1.32. The van der Waals surface area contributed by atoms with Gasteiger partial charge in [-0.3, -0.25) is 0 Å². The van der Waals surface area contributed by atoms with E-state index in [1.165, 1.54) is 0 Å². The molecule has 0 fully saturated rings. The highest BCUT2D eigenvalue weighted by Crippen LogP contribution is 2.31. The van der Waals surface area contributed by atoms with E-state index < -0.39 is 22.2 Å². The van der Waals surface area contributed by atoms with Crippen LogP contribution in [0.2, 0.25) is 0 Å². The number of benzene rings is 1. The van der Waals surface area contributed by atoms with E-state index >= 15 is 0 Å². The Labute approximate surface area is 89.0 Å². The molecule has 3 N–H and O–H groups in total. The third kappa shape index (κ3) is 2.19. The molecule has 0 heterocycles. The lowest BCUT2D eigenvalue weighted by molar-refractivity contribution is 0.152. The normalized spacial score (nSPS) is 25.2. The summed E-state index contributed by atoms with van der Waals surface area (Å²) in [5.74, 6) is 0. The smallest absolute Gasteiger partial charge is 0.209 e. The van der Waals surface area contributed by atoms with Gasteiger partial charge in [0, 0.05) is 6.42 Å². The molecule has 1 aliphatic rings. The Bertz CT molecular complexity index is 469. The molecule has 0 bridgehead atoms. The van der Waals surface area contributed by atoms with E-state index in [0.717, 1.165) is 17.4 Å². The van der Waals surface area contributed by atoms with Gasteiger partial charge in [0.15, 0.2) is 6.10 Å². The Morgan fingerprint density at radius 2 is 2.07 bits per heavy atom. The third-order valence-electron chi connectivity index (χ3n) is 2.57. The molecule has 1 aromatic rings. The maximum atomic E-state index is 11.1. The summed E-state index contributed by atoms with van der Waals surface area (Å²) in [5, 5.41) is 7.83. The average molecular weight is 228 g/mol. The fourth-order valence-electron chi connectivity index (χ4n) is 1.97. The van der Waals surface area contributed by atoms with E-state index in [2.05, 4.69) is 4.72 Å². The Morgan fingerprint density at radius 1 is 1.40 bits per heavy atom. The van der Waals surface area contributed by atoms with Gasteiger partial charge in [-0.05, 0) is 11.1 Å². The van der Waals surface area contributed by atoms with Gasteiger partial charge in [-0.25, -0.2) is 8.42 Å². The molecular formula is C10H14NO3S+. The van der Waals surface area contributed by atoms with Crippen molar-refractivity contribution in [1.82, 2.24) is 4.72 Å². The van der Waals surface area contributed by atoms with E-state index in [0.29, 0.717) is 6.42 Å². The molecule has 0 aliphatic heterocycles. The van der Waals surface area contributed by atoms with Crippen LogP contribution < -0.4 is 4.72 Å². The van der Waals surface area contributed by atoms with Gasteiger partial charge < -0.3 is 5.11 Å². The van der Waals surface area contributed by atoms with Crippen LogP contribution >= 0.6 is 0 Å². The third-order valence-corrected chi connectivity index (χ3v) is 3.26. The second kappa shape index (κ2) is 3.59. The number of hydrogen-bond acceptors (Lipinski definition) is 2. The molecular weight excluding hydrogens is 214 g/mol. The lowest BCUT2D eigenvalue weighted by Gasteiger charge is -2.13. The van der Waals surface area contributed by atoms with Crippen molar-refractivity contribution in [1.29, 1.82) is 0 Å². The topological polar surface area (TPSA) is 69.1 Å². The van der Waals surface area contributed by atoms with Crippen molar-refractivity contribution >= 4 is 10.0 Å². The number of hydrogen-bond donors (Lipinski definition) is 1. The first-order chi connectivity index (χ1) is 6.97. The van der Waals surface area contributed by atoms with Crippen molar-refractivity contribution in [2.45, 2.75) is 18.6 Å². The molecule has 2 rings (SSSR count). The summed E-state index contributed by atoms with van der Waals surface area (Å²) in [6, 6.07) is 7.21. The van der Waals surface area contributed by atoms with Crippen molar-refractivity contribution < 1.29 is 13.5 Å². The van der Waals surface area contributed by atoms with Gasteiger partial charge in [0.2, 0.25) is 10.0 Å². The summed E-state index contributed by atoms with van der Waals surface area (Å²) in [6.45, 7) is 0. The van der Waals surface area contributed by atoms with Gasteiger partial charge in [0.05, 0.1) is 6.26 Å². The maximum Gasteiger partial charge on any atom is 0.209 e. The van der Waals surface area contributed by atoms with Crippen LogP contribution in [0, 0.1) is 0 Å². The molecule has 0 radical (unpaired) electrons. The number of sulfonamides is 1. The molecule has 0 saturated carbocycles. The molecule has 1 aromatic carbocycles. The largest absolute Gasteiger partial charge is 0.442 e. The predicted octanol–water partition coefficient (Wildman–Crippen LogP) is -0.0738. The van der Waals surface area contributed by atoms with Crippen molar-refractivity contribution in [3.8, 4) is 0 Å². The lowest BCUT2D eigenvalue weighted by atomic mass is 10.1. The molecule has 0 unspecified atom stereocenters. The molecule has 1 aliphatic carbocycles. The van der Waals surface area contributed by atoms with Crippen molar-refractivity contribution in [2.24, 2.45) is 0 Å². The Kier molecular flexibility index (Phi) is 2.54. The minimum atomic E-state index is -3.25. The van der Waals surface area contributed by atoms with Gasteiger partial charge in [-0.15, -0.1) is 0 Å². The van der Waals surface area contributed by atoms with Crippen LogP contribution in [0.15, 0.2) is 24.3 Å². The highest BCUT2D eigenvalue weighted by atomic mass is 32.2. The highest BCUT2D eigenvalue weighted by molar-refractivity contribution is 7.88. The van der Waals surface area contributed by atoms with Gasteiger partial charge >= 0.3 is 0 Å². The zero-order chi connectivity index (χ0) is 11.1. The Morgan fingerprint density at radius 3 is 2.73 bits per heavy atom. The van der Waals surface area contributed by atoms with Gasteiger partial charge in [-0.2, -0.15) is 4.72 Å². The maximum absolute atomic E-state index is 11.1. The van der Waals surface area contributed by atoms with Crippen molar-refractivity contribution in [2.75, 3.05) is 6.26 Å². The molecule has 2 atom stereocenters. The first-order valence-electron chi connectivity index (χ1n) is 4.73. The SMILES string of the molecule is CS(=O)(=O)N[C@@H]1c2ccccc2C[C@H]1[OH2+]. The summed E-state index contributed by atoms with van der Waals surface area (Å²) < 4.78 is 24.8. The zero-order valence-electron chi connectivity index (χ0n) is 8.40. The van der Waals surface area contributed by atoms with Crippen LogP contribution in [0.4, 0.5) is 0 Å². The van der Waals surface area contributed by atoms with E-state index in [1.54, 1.807) is 0 Å². The van der Waals surface area contributed by atoms with Crippen LogP contribution in [-0.4, -0.2) is 25.9 Å². The second-order valence-electron chi connectivity index (χ2n) is 3.88. The molecule has 0 amide bonds. The molecule has 0 spiro atoms. The molecule has 82 valence electrons. The number of nitrogens with one attached hydrogen (secondary N) is 1. The van der Waals surface area contributed by atoms with E-state index in [9.17, 15) is 8.42 Å². The fourth-order valence-corrected chi connectivity index (χ4v) is 2.72. The monoisotopic (exact) mass is 228 g/mol. The minimum Gasteiger partial charge on any atom is -0.442 e.